The van der Waals surface area contributed by atoms with E-state index in [0.29, 0.717) is 39.6 Å². The number of methoxy groups -OCH3 is 1. The second-order valence-corrected chi connectivity index (χ2v) is 7.78. The van der Waals surface area contributed by atoms with Gasteiger partial charge in [-0.25, -0.2) is 9.78 Å². The molecule has 1 unspecified atom stereocenters. The molecule has 2 N–H and O–H groups in total. The summed E-state index contributed by atoms with van der Waals surface area (Å²) in [6, 6.07) is 19.3. The zero-order valence-electron chi connectivity index (χ0n) is 18.1. The highest BCUT2D eigenvalue weighted by Crippen LogP contribution is 2.24. The number of aromatic nitrogens is 2. The molecule has 4 aromatic rings. The van der Waals surface area contributed by atoms with Crippen LogP contribution in [0.2, 0.25) is 5.02 Å². The van der Waals surface area contributed by atoms with Crippen molar-refractivity contribution in [1.82, 2.24) is 9.97 Å². The Labute approximate surface area is 195 Å². The number of fused-ring (bicyclic) bond motifs is 1. The van der Waals surface area contributed by atoms with Crippen LogP contribution in [0.5, 0.6) is 5.75 Å². The van der Waals surface area contributed by atoms with Crippen molar-refractivity contribution in [3.8, 4) is 17.1 Å². The molecule has 0 saturated carbocycles. The summed E-state index contributed by atoms with van der Waals surface area (Å²) < 4.78 is 10.7. The second-order valence-electron chi connectivity index (χ2n) is 7.35. The van der Waals surface area contributed by atoms with Crippen molar-refractivity contribution in [2.45, 2.75) is 19.4 Å². The van der Waals surface area contributed by atoms with Crippen molar-refractivity contribution in [2.24, 2.45) is 0 Å². The quantitative estimate of drug-likeness (QED) is 0.355. The molecule has 0 aliphatic heterocycles. The molecule has 4 rings (SSSR count). The Morgan fingerprint density at radius 3 is 2.58 bits per heavy atom. The van der Waals surface area contributed by atoms with E-state index in [1.807, 2.05) is 24.3 Å². The van der Waals surface area contributed by atoms with Gasteiger partial charge >= 0.3 is 5.97 Å². The van der Waals surface area contributed by atoms with E-state index in [4.69, 9.17) is 21.1 Å². The number of aromatic amines is 1. The maximum atomic E-state index is 12.7. The molecular formula is C25H22ClN3O4. The minimum absolute atomic E-state index is 0.321. The SMILES string of the molecule is CCC(OC(=O)c1ccc2nc(-c3ccc(OC)cc3)[nH]c2c1)C(=O)Nc1cccc(Cl)c1. The topological polar surface area (TPSA) is 93.3 Å². The second kappa shape index (κ2) is 9.75. The molecule has 0 aliphatic rings. The van der Waals surface area contributed by atoms with Crippen LogP contribution in [0.4, 0.5) is 5.69 Å². The Morgan fingerprint density at radius 2 is 1.88 bits per heavy atom. The summed E-state index contributed by atoms with van der Waals surface area (Å²) in [5, 5.41) is 3.22. The molecule has 0 bridgehead atoms. The van der Waals surface area contributed by atoms with E-state index in [9.17, 15) is 9.59 Å². The lowest BCUT2D eigenvalue weighted by Crippen LogP contribution is -2.32. The van der Waals surface area contributed by atoms with Crippen LogP contribution < -0.4 is 10.1 Å². The van der Waals surface area contributed by atoms with Crippen LogP contribution in [0.3, 0.4) is 0 Å². The molecule has 0 spiro atoms. The number of carbonyl (C=O) groups excluding carboxylic acids is 2. The Balaban J connectivity index is 1.49. The first kappa shape index (κ1) is 22.4. The first-order valence-corrected chi connectivity index (χ1v) is 10.8. The third kappa shape index (κ3) is 5.15. The van der Waals surface area contributed by atoms with Crippen molar-refractivity contribution in [2.75, 3.05) is 12.4 Å². The van der Waals surface area contributed by atoms with Gasteiger partial charge in [0.2, 0.25) is 0 Å². The molecule has 8 heteroatoms. The molecule has 1 aromatic heterocycles. The number of rotatable bonds is 7. The average molecular weight is 464 g/mol. The minimum Gasteiger partial charge on any atom is -0.497 e. The lowest BCUT2D eigenvalue weighted by atomic mass is 10.2. The summed E-state index contributed by atoms with van der Waals surface area (Å²) >= 11 is 5.96. The Kier molecular flexibility index (Phi) is 6.60. The lowest BCUT2D eigenvalue weighted by Gasteiger charge is -2.16. The standard InChI is InChI=1S/C25H22ClN3O4/c1-3-22(24(30)27-18-6-4-5-17(26)14-18)33-25(31)16-9-12-20-21(13-16)29-23(28-20)15-7-10-19(32-2)11-8-15/h4-14,22H,3H2,1-2H3,(H,27,30)(H,28,29). The number of carbonyl (C=O) groups is 2. The molecule has 0 fully saturated rings. The van der Waals surface area contributed by atoms with Crippen molar-refractivity contribution in [1.29, 1.82) is 0 Å². The van der Waals surface area contributed by atoms with Gasteiger partial charge in [0.05, 0.1) is 23.7 Å². The minimum atomic E-state index is -0.941. The molecule has 1 atom stereocenters. The maximum absolute atomic E-state index is 12.7. The zero-order chi connectivity index (χ0) is 23.4. The van der Waals surface area contributed by atoms with Crippen molar-refractivity contribution < 1.29 is 19.1 Å². The number of nitrogens with one attached hydrogen (secondary N) is 2. The first-order valence-electron chi connectivity index (χ1n) is 10.4. The van der Waals surface area contributed by atoms with Gasteiger partial charge in [-0.1, -0.05) is 24.6 Å². The maximum Gasteiger partial charge on any atom is 0.338 e. The van der Waals surface area contributed by atoms with Crippen LogP contribution >= 0.6 is 11.6 Å². The van der Waals surface area contributed by atoms with Gasteiger partial charge in [-0.3, -0.25) is 4.79 Å². The fourth-order valence-corrected chi connectivity index (χ4v) is 3.52. The summed E-state index contributed by atoms with van der Waals surface area (Å²) in [5.41, 5.74) is 3.14. The highest BCUT2D eigenvalue weighted by atomic mass is 35.5. The van der Waals surface area contributed by atoms with Gasteiger partial charge in [0.1, 0.15) is 11.6 Å². The summed E-state index contributed by atoms with van der Waals surface area (Å²) in [4.78, 5) is 33.1. The largest absolute Gasteiger partial charge is 0.497 e. The first-order chi connectivity index (χ1) is 16.0. The fraction of sp³-hybridized carbons (Fsp3) is 0.160. The monoisotopic (exact) mass is 463 g/mol. The van der Waals surface area contributed by atoms with E-state index < -0.39 is 18.0 Å². The Bertz CT molecular complexity index is 1300. The molecule has 0 saturated heterocycles. The van der Waals surface area contributed by atoms with Gasteiger partial charge < -0.3 is 19.8 Å². The van der Waals surface area contributed by atoms with Gasteiger partial charge in [0, 0.05) is 16.3 Å². The van der Waals surface area contributed by atoms with Gasteiger partial charge in [0.15, 0.2) is 6.10 Å². The summed E-state index contributed by atoms with van der Waals surface area (Å²) in [6.07, 6.45) is -0.615. The number of hydrogen-bond donors (Lipinski definition) is 2. The van der Waals surface area contributed by atoms with E-state index >= 15 is 0 Å². The highest BCUT2D eigenvalue weighted by molar-refractivity contribution is 6.30. The van der Waals surface area contributed by atoms with Gasteiger partial charge in [-0.05, 0) is 67.1 Å². The van der Waals surface area contributed by atoms with E-state index in [2.05, 4.69) is 15.3 Å². The van der Waals surface area contributed by atoms with Crippen molar-refractivity contribution in [3.05, 3.63) is 77.3 Å². The normalized spacial score (nSPS) is 11.7. The summed E-state index contributed by atoms with van der Waals surface area (Å²) in [7, 11) is 1.61. The molecular weight excluding hydrogens is 442 g/mol. The number of halogens is 1. The summed E-state index contributed by atoms with van der Waals surface area (Å²) in [6.45, 7) is 1.77. The number of hydrogen-bond acceptors (Lipinski definition) is 5. The molecule has 168 valence electrons. The third-order valence-electron chi connectivity index (χ3n) is 5.09. The zero-order valence-corrected chi connectivity index (χ0v) is 18.8. The van der Waals surface area contributed by atoms with Crippen LogP contribution in [0.15, 0.2) is 66.7 Å². The third-order valence-corrected chi connectivity index (χ3v) is 5.32. The fourth-order valence-electron chi connectivity index (χ4n) is 3.33. The molecule has 0 aliphatic carbocycles. The number of amides is 1. The number of anilines is 1. The van der Waals surface area contributed by atoms with E-state index in [1.165, 1.54) is 0 Å². The molecule has 1 heterocycles. The summed E-state index contributed by atoms with van der Waals surface area (Å²) in [5.74, 6) is 0.415. The molecule has 7 nitrogen and oxygen atoms in total. The molecule has 33 heavy (non-hydrogen) atoms. The predicted octanol–water partition coefficient (Wildman–Crippen LogP) is 5.47. The number of H-pyrrole nitrogens is 1. The number of benzene rings is 3. The van der Waals surface area contributed by atoms with Crippen LogP contribution in [-0.4, -0.2) is 35.1 Å². The predicted molar refractivity (Wildman–Crippen MR) is 128 cm³/mol. The highest BCUT2D eigenvalue weighted by Gasteiger charge is 2.22. The van der Waals surface area contributed by atoms with Gasteiger partial charge in [-0.15, -0.1) is 0 Å². The number of imidazole rings is 1. The van der Waals surface area contributed by atoms with E-state index in [0.717, 1.165) is 11.3 Å². The molecule has 0 radical (unpaired) electrons. The average Bonchev–Trinajstić information content (AvgIpc) is 3.26. The van der Waals surface area contributed by atoms with Crippen LogP contribution in [0.1, 0.15) is 23.7 Å². The Hall–Kier alpha value is -3.84. The van der Waals surface area contributed by atoms with Crippen molar-refractivity contribution >= 4 is 40.2 Å². The number of esters is 1. The Morgan fingerprint density at radius 1 is 1.09 bits per heavy atom. The van der Waals surface area contributed by atoms with Crippen LogP contribution in [0.25, 0.3) is 22.4 Å². The smallest absolute Gasteiger partial charge is 0.338 e. The number of ether oxygens (including phenoxy) is 2. The van der Waals surface area contributed by atoms with E-state index in [1.54, 1.807) is 56.5 Å². The van der Waals surface area contributed by atoms with E-state index in [-0.39, 0.29) is 0 Å². The van der Waals surface area contributed by atoms with Crippen LogP contribution in [0, 0.1) is 0 Å². The molecule has 1 amide bonds. The molecule has 3 aromatic carbocycles. The van der Waals surface area contributed by atoms with Crippen LogP contribution in [-0.2, 0) is 9.53 Å². The van der Waals surface area contributed by atoms with Gasteiger partial charge in [0.25, 0.3) is 5.91 Å². The van der Waals surface area contributed by atoms with Crippen molar-refractivity contribution in [3.63, 3.8) is 0 Å². The lowest BCUT2D eigenvalue weighted by molar-refractivity contribution is -0.124. The van der Waals surface area contributed by atoms with Gasteiger partial charge in [-0.2, -0.15) is 0 Å². The number of nitrogens with zero attached hydrogens (tertiary/aromatic N) is 1.